The van der Waals surface area contributed by atoms with Crippen LogP contribution in [0, 0.1) is 13.8 Å². The number of esters is 1. The van der Waals surface area contributed by atoms with Crippen LogP contribution in [0.5, 0.6) is 0 Å². The van der Waals surface area contributed by atoms with E-state index in [2.05, 4.69) is 48.3 Å². The molecule has 4 rings (SSSR count). The molecule has 0 saturated heterocycles. The van der Waals surface area contributed by atoms with Gasteiger partial charge < -0.3 is 4.74 Å². The number of benzene rings is 1. The van der Waals surface area contributed by atoms with E-state index in [9.17, 15) is 4.79 Å². The highest BCUT2D eigenvalue weighted by Crippen LogP contribution is 2.43. The van der Waals surface area contributed by atoms with Gasteiger partial charge in [-0.25, -0.2) is 9.78 Å². The van der Waals surface area contributed by atoms with Crippen molar-refractivity contribution in [3.05, 3.63) is 52.5 Å². The zero-order valence-electron chi connectivity index (χ0n) is 14.7. The van der Waals surface area contributed by atoms with E-state index in [1.807, 2.05) is 25.2 Å². The Bertz CT molecular complexity index is 1070. The minimum Gasteiger partial charge on any atom is -0.462 e. The van der Waals surface area contributed by atoms with Gasteiger partial charge in [0.1, 0.15) is 9.88 Å². The van der Waals surface area contributed by atoms with Crippen LogP contribution >= 0.6 is 34.0 Å². The van der Waals surface area contributed by atoms with Crippen molar-refractivity contribution in [2.24, 2.45) is 0 Å². The molecule has 3 nitrogen and oxygen atoms in total. The van der Waals surface area contributed by atoms with Crippen LogP contribution in [0.25, 0.3) is 29.7 Å². The first kappa shape index (κ1) is 17.4. The molecule has 0 aliphatic heterocycles. The maximum absolute atomic E-state index is 12.1. The highest BCUT2D eigenvalue weighted by molar-refractivity contribution is 7.28. The molecule has 4 aromatic rings. The van der Waals surface area contributed by atoms with Crippen LogP contribution < -0.4 is 0 Å². The molecular weight excluding hydrogens is 382 g/mol. The van der Waals surface area contributed by atoms with Crippen molar-refractivity contribution in [3.63, 3.8) is 0 Å². The summed E-state index contributed by atoms with van der Waals surface area (Å²) in [6.45, 7) is 6.18. The fourth-order valence-electron chi connectivity index (χ4n) is 2.81. The molecule has 132 valence electrons. The minimum absolute atomic E-state index is 0.285. The second-order valence-electron chi connectivity index (χ2n) is 5.93. The summed E-state index contributed by atoms with van der Waals surface area (Å²) in [6, 6.07) is 12.9. The SMILES string of the molecule is CCOC(=O)c1sc(-c2cc(C)c(-c3cc4ccccc4s3)s2)nc1C. The first-order valence-corrected chi connectivity index (χ1v) is 10.8. The first-order chi connectivity index (χ1) is 12.6. The van der Waals surface area contributed by atoms with E-state index >= 15 is 0 Å². The van der Waals surface area contributed by atoms with Gasteiger partial charge in [-0.15, -0.1) is 34.0 Å². The molecule has 0 fully saturated rings. The summed E-state index contributed by atoms with van der Waals surface area (Å²) in [5, 5.41) is 2.16. The Morgan fingerprint density at radius 1 is 1.08 bits per heavy atom. The van der Waals surface area contributed by atoms with Crippen molar-refractivity contribution in [2.45, 2.75) is 20.8 Å². The Balaban J connectivity index is 1.73. The number of hydrogen-bond donors (Lipinski definition) is 0. The third kappa shape index (κ3) is 3.09. The minimum atomic E-state index is -0.285. The molecule has 3 aromatic heterocycles. The number of ether oxygens (including phenoxy) is 1. The summed E-state index contributed by atoms with van der Waals surface area (Å²) in [5.74, 6) is -0.285. The zero-order valence-corrected chi connectivity index (χ0v) is 17.1. The van der Waals surface area contributed by atoms with Gasteiger partial charge in [0.15, 0.2) is 0 Å². The summed E-state index contributed by atoms with van der Waals surface area (Å²) in [7, 11) is 0. The predicted molar refractivity (Wildman–Crippen MR) is 112 cm³/mol. The van der Waals surface area contributed by atoms with Crippen molar-refractivity contribution in [1.29, 1.82) is 0 Å². The number of carbonyl (C=O) groups excluding carboxylic acids is 1. The molecule has 0 unspecified atom stereocenters. The van der Waals surface area contributed by atoms with Gasteiger partial charge in [-0.1, -0.05) is 18.2 Å². The van der Waals surface area contributed by atoms with Crippen LogP contribution in [0.3, 0.4) is 0 Å². The van der Waals surface area contributed by atoms with E-state index < -0.39 is 0 Å². The number of fused-ring (bicyclic) bond motifs is 1. The predicted octanol–water partition coefficient (Wildman–Crippen LogP) is 6.55. The molecule has 0 aliphatic carbocycles. The molecule has 0 N–H and O–H groups in total. The van der Waals surface area contributed by atoms with Crippen molar-refractivity contribution >= 4 is 50.1 Å². The van der Waals surface area contributed by atoms with E-state index in [1.165, 1.54) is 36.7 Å². The second kappa shape index (κ2) is 6.95. The molecule has 6 heteroatoms. The number of aryl methyl sites for hydroxylation is 2. The number of thiazole rings is 1. The smallest absolute Gasteiger partial charge is 0.350 e. The lowest BCUT2D eigenvalue weighted by atomic mass is 10.2. The quantitative estimate of drug-likeness (QED) is 0.365. The second-order valence-corrected chi connectivity index (χ2v) is 9.06. The Labute approximate surface area is 163 Å². The third-order valence-electron chi connectivity index (χ3n) is 4.04. The molecule has 26 heavy (non-hydrogen) atoms. The third-order valence-corrected chi connectivity index (χ3v) is 7.88. The van der Waals surface area contributed by atoms with Crippen LogP contribution in [-0.4, -0.2) is 17.6 Å². The van der Waals surface area contributed by atoms with Gasteiger partial charge in [0, 0.05) is 14.5 Å². The number of carbonyl (C=O) groups is 1. The molecule has 0 amide bonds. The molecule has 0 aliphatic rings. The lowest BCUT2D eigenvalue weighted by Gasteiger charge is -1.97. The highest BCUT2D eigenvalue weighted by atomic mass is 32.1. The molecule has 0 saturated carbocycles. The Morgan fingerprint density at radius 3 is 2.65 bits per heavy atom. The van der Waals surface area contributed by atoms with Crippen molar-refractivity contribution in [2.75, 3.05) is 6.61 Å². The van der Waals surface area contributed by atoms with Crippen molar-refractivity contribution < 1.29 is 9.53 Å². The highest BCUT2D eigenvalue weighted by Gasteiger charge is 2.19. The van der Waals surface area contributed by atoms with E-state index in [0.717, 1.165) is 15.6 Å². The normalized spacial score (nSPS) is 11.2. The first-order valence-electron chi connectivity index (χ1n) is 8.31. The topological polar surface area (TPSA) is 39.2 Å². The fourth-order valence-corrected chi connectivity index (χ4v) is 6.22. The monoisotopic (exact) mass is 399 g/mol. The standard InChI is InChI=1S/C20H17NO2S3/c1-4-23-20(22)18-12(3)21-19(26-18)16-9-11(2)17(25-16)15-10-13-7-5-6-8-14(13)24-15/h5-10H,4H2,1-3H3. The molecule has 0 spiro atoms. The molecule has 3 heterocycles. The summed E-state index contributed by atoms with van der Waals surface area (Å²) in [4.78, 5) is 20.9. The van der Waals surface area contributed by atoms with Gasteiger partial charge in [0.25, 0.3) is 0 Å². The number of thiophene rings is 2. The molecule has 0 radical (unpaired) electrons. The Hall–Kier alpha value is -2.02. The lowest BCUT2D eigenvalue weighted by molar-refractivity contribution is 0.0531. The molecule has 1 aromatic carbocycles. The maximum Gasteiger partial charge on any atom is 0.350 e. The van der Waals surface area contributed by atoms with Gasteiger partial charge in [0.2, 0.25) is 0 Å². The largest absolute Gasteiger partial charge is 0.462 e. The van der Waals surface area contributed by atoms with Crippen LogP contribution in [0.2, 0.25) is 0 Å². The van der Waals surface area contributed by atoms with Crippen LogP contribution in [0.15, 0.2) is 36.4 Å². The van der Waals surface area contributed by atoms with Crippen molar-refractivity contribution in [3.8, 4) is 19.6 Å². The van der Waals surface area contributed by atoms with Gasteiger partial charge in [-0.05, 0) is 49.9 Å². The Morgan fingerprint density at radius 2 is 1.88 bits per heavy atom. The summed E-state index contributed by atoms with van der Waals surface area (Å²) < 4.78 is 6.42. The summed E-state index contributed by atoms with van der Waals surface area (Å²) in [6.07, 6.45) is 0. The van der Waals surface area contributed by atoms with Crippen LogP contribution in [0.4, 0.5) is 0 Å². The zero-order chi connectivity index (χ0) is 18.3. The van der Waals surface area contributed by atoms with Gasteiger partial charge in [-0.3, -0.25) is 0 Å². The number of rotatable bonds is 4. The average Bonchev–Trinajstić information content (AvgIpc) is 3.30. The fraction of sp³-hybridized carbons (Fsp3) is 0.200. The van der Waals surface area contributed by atoms with Crippen LogP contribution in [-0.2, 0) is 4.74 Å². The summed E-state index contributed by atoms with van der Waals surface area (Å²) in [5.41, 5.74) is 1.97. The Kier molecular flexibility index (Phi) is 4.65. The van der Waals surface area contributed by atoms with E-state index in [1.54, 1.807) is 11.3 Å². The van der Waals surface area contributed by atoms with E-state index in [-0.39, 0.29) is 5.97 Å². The maximum atomic E-state index is 12.1. The molecular formula is C20H17NO2S3. The average molecular weight is 400 g/mol. The number of aromatic nitrogens is 1. The van der Waals surface area contributed by atoms with Crippen LogP contribution in [0.1, 0.15) is 27.9 Å². The number of nitrogens with zero attached hydrogens (tertiary/aromatic N) is 1. The van der Waals surface area contributed by atoms with Crippen molar-refractivity contribution in [1.82, 2.24) is 4.98 Å². The molecule has 0 atom stereocenters. The van der Waals surface area contributed by atoms with E-state index in [0.29, 0.717) is 11.5 Å². The summed E-state index contributed by atoms with van der Waals surface area (Å²) >= 11 is 4.96. The molecule has 0 bridgehead atoms. The van der Waals surface area contributed by atoms with E-state index in [4.69, 9.17) is 4.74 Å². The van der Waals surface area contributed by atoms with Gasteiger partial charge in [-0.2, -0.15) is 0 Å². The lowest BCUT2D eigenvalue weighted by Crippen LogP contribution is -2.03. The number of hydrogen-bond acceptors (Lipinski definition) is 6. The van der Waals surface area contributed by atoms with Gasteiger partial charge >= 0.3 is 5.97 Å². The van der Waals surface area contributed by atoms with Gasteiger partial charge in [0.05, 0.1) is 17.2 Å².